The van der Waals surface area contributed by atoms with Gasteiger partial charge < -0.3 is 9.47 Å². The molecule has 0 radical (unpaired) electrons. The van der Waals surface area contributed by atoms with Crippen LogP contribution in [0.15, 0.2) is 0 Å². The van der Waals surface area contributed by atoms with E-state index in [1.165, 1.54) is 0 Å². The summed E-state index contributed by atoms with van der Waals surface area (Å²) >= 11 is 0. The van der Waals surface area contributed by atoms with E-state index in [2.05, 4.69) is 0 Å². The van der Waals surface area contributed by atoms with E-state index in [9.17, 15) is 0 Å². The minimum atomic E-state index is -0.0434. The van der Waals surface area contributed by atoms with Gasteiger partial charge in [-0.2, -0.15) is 0 Å². The van der Waals surface area contributed by atoms with Gasteiger partial charge in [0.15, 0.2) is 0 Å². The summed E-state index contributed by atoms with van der Waals surface area (Å²) in [5.74, 6) is 0. The van der Waals surface area contributed by atoms with Crippen LogP contribution in [0.2, 0.25) is 0 Å². The summed E-state index contributed by atoms with van der Waals surface area (Å²) in [6, 6.07) is 0. The Morgan fingerprint density at radius 1 is 1.25 bits per heavy atom. The lowest BCUT2D eigenvalue weighted by Gasteiger charge is -2.29. The van der Waals surface area contributed by atoms with E-state index in [-0.39, 0.29) is 5.60 Å². The van der Waals surface area contributed by atoms with Crippen molar-refractivity contribution in [2.75, 3.05) is 19.8 Å². The summed E-state index contributed by atoms with van der Waals surface area (Å²) in [4.78, 5) is 0. The van der Waals surface area contributed by atoms with Crippen molar-refractivity contribution in [2.24, 2.45) is 0 Å². The van der Waals surface area contributed by atoms with E-state index in [0.717, 1.165) is 19.8 Å². The summed E-state index contributed by atoms with van der Waals surface area (Å²) in [6.07, 6.45) is 0. The molecule has 2 heteroatoms. The van der Waals surface area contributed by atoms with Crippen molar-refractivity contribution >= 4 is 0 Å². The Morgan fingerprint density at radius 3 is 2.25 bits per heavy atom. The van der Waals surface area contributed by atoms with E-state index in [1.54, 1.807) is 0 Å². The smallest absolute Gasteiger partial charge is 0.0860 e. The summed E-state index contributed by atoms with van der Waals surface area (Å²) in [6.45, 7) is 6.29. The maximum absolute atomic E-state index is 5.34. The van der Waals surface area contributed by atoms with Crippen LogP contribution < -0.4 is 0 Å². The molecule has 1 saturated heterocycles. The van der Waals surface area contributed by atoms with E-state index < -0.39 is 0 Å². The van der Waals surface area contributed by atoms with Gasteiger partial charge in [0.2, 0.25) is 0 Å². The zero-order valence-electron chi connectivity index (χ0n) is 5.44. The molecule has 0 aromatic heterocycles. The van der Waals surface area contributed by atoms with Gasteiger partial charge in [-0.15, -0.1) is 0 Å². The van der Waals surface area contributed by atoms with Gasteiger partial charge in [-0.05, 0) is 13.8 Å². The standard InChI is InChI=1S/C6H12O2/c1-6(2)5-7-3-4-8-6/h3-5H2,1-2H3. The second-order valence-corrected chi connectivity index (χ2v) is 2.66. The molecule has 0 bridgehead atoms. The van der Waals surface area contributed by atoms with Crippen LogP contribution in [-0.4, -0.2) is 25.4 Å². The van der Waals surface area contributed by atoms with E-state index in [4.69, 9.17) is 9.47 Å². The molecule has 0 spiro atoms. The molecule has 0 aliphatic carbocycles. The second-order valence-electron chi connectivity index (χ2n) is 2.66. The third-order valence-corrected chi connectivity index (χ3v) is 1.17. The molecule has 0 saturated carbocycles. The Hall–Kier alpha value is -0.0800. The van der Waals surface area contributed by atoms with E-state index in [1.807, 2.05) is 13.8 Å². The van der Waals surface area contributed by atoms with Gasteiger partial charge in [-0.25, -0.2) is 0 Å². The molecular weight excluding hydrogens is 104 g/mol. The lowest BCUT2D eigenvalue weighted by Crippen LogP contribution is -2.37. The minimum absolute atomic E-state index is 0.0434. The van der Waals surface area contributed by atoms with Crippen LogP contribution in [0.1, 0.15) is 13.8 Å². The average Bonchev–Trinajstić information content (AvgIpc) is 1.65. The normalized spacial score (nSPS) is 27.8. The first-order valence-electron chi connectivity index (χ1n) is 2.92. The zero-order valence-corrected chi connectivity index (χ0v) is 5.44. The minimum Gasteiger partial charge on any atom is -0.376 e. The monoisotopic (exact) mass is 116 g/mol. The summed E-state index contributed by atoms with van der Waals surface area (Å²) in [5, 5.41) is 0. The van der Waals surface area contributed by atoms with Crippen LogP contribution in [0, 0.1) is 0 Å². The molecule has 1 aliphatic rings. The molecule has 0 unspecified atom stereocenters. The Bertz CT molecular complexity index is 70.6. The first kappa shape index (κ1) is 6.05. The number of hydrogen-bond donors (Lipinski definition) is 0. The molecule has 2 nitrogen and oxygen atoms in total. The average molecular weight is 116 g/mol. The highest BCUT2D eigenvalue weighted by Crippen LogP contribution is 2.12. The topological polar surface area (TPSA) is 18.5 Å². The second kappa shape index (κ2) is 2.03. The molecule has 0 amide bonds. The van der Waals surface area contributed by atoms with Gasteiger partial charge in [-0.1, -0.05) is 0 Å². The first-order chi connectivity index (χ1) is 3.71. The molecule has 0 atom stereocenters. The van der Waals surface area contributed by atoms with Crippen LogP contribution >= 0.6 is 0 Å². The van der Waals surface area contributed by atoms with E-state index in [0.29, 0.717) is 0 Å². The van der Waals surface area contributed by atoms with Gasteiger partial charge >= 0.3 is 0 Å². The molecular formula is C6H12O2. The molecule has 1 fully saturated rings. The lowest BCUT2D eigenvalue weighted by molar-refractivity contribution is -0.137. The Kier molecular flexibility index (Phi) is 1.54. The van der Waals surface area contributed by atoms with Gasteiger partial charge in [0.1, 0.15) is 0 Å². The number of hydrogen-bond acceptors (Lipinski definition) is 2. The molecule has 8 heavy (non-hydrogen) atoms. The van der Waals surface area contributed by atoms with E-state index >= 15 is 0 Å². The predicted octanol–water partition coefficient (Wildman–Crippen LogP) is 0.812. The Morgan fingerprint density at radius 2 is 2.00 bits per heavy atom. The fourth-order valence-electron chi connectivity index (χ4n) is 0.737. The summed E-state index contributed by atoms with van der Waals surface area (Å²) in [5.41, 5.74) is -0.0434. The molecule has 48 valence electrons. The highest BCUT2D eigenvalue weighted by molar-refractivity contribution is 4.69. The maximum atomic E-state index is 5.34. The van der Waals surface area contributed by atoms with Crippen LogP contribution in [0.5, 0.6) is 0 Å². The molecule has 0 aromatic carbocycles. The lowest BCUT2D eigenvalue weighted by atomic mass is 10.1. The molecule has 0 aromatic rings. The van der Waals surface area contributed by atoms with Gasteiger partial charge in [0, 0.05) is 0 Å². The fraction of sp³-hybridized carbons (Fsp3) is 1.00. The Labute approximate surface area is 49.8 Å². The van der Waals surface area contributed by atoms with Crippen molar-refractivity contribution in [3.63, 3.8) is 0 Å². The van der Waals surface area contributed by atoms with Crippen molar-refractivity contribution in [1.29, 1.82) is 0 Å². The molecule has 1 aliphatic heterocycles. The Balaban J connectivity index is 2.33. The van der Waals surface area contributed by atoms with Gasteiger partial charge in [0.25, 0.3) is 0 Å². The largest absolute Gasteiger partial charge is 0.376 e. The number of rotatable bonds is 0. The third kappa shape index (κ3) is 1.46. The maximum Gasteiger partial charge on any atom is 0.0860 e. The van der Waals surface area contributed by atoms with Crippen molar-refractivity contribution in [1.82, 2.24) is 0 Å². The predicted molar refractivity (Wildman–Crippen MR) is 30.8 cm³/mol. The SMILES string of the molecule is CC1(C)COCCO1. The summed E-state index contributed by atoms with van der Waals surface area (Å²) < 4.78 is 10.5. The highest BCUT2D eigenvalue weighted by atomic mass is 16.6. The molecule has 1 heterocycles. The van der Waals surface area contributed by atoms with Gasteiger partial charge in [0.05, 0.1) is 25.4 Å². The van der Waals surface area contributed by atoms with Crippen molar-refractivity contribution in [3.8, 4) is 0 Å². The quantitative estimate of drug-likeness (QED) is 0.466. The first-order valence-corrected chi connectivity index (χ1v) is 2.92. The van der Waals surface area contributed by atoms with Crippen molar-refractivity contribution < 1.29 is 9.47 Å². The van der Waals surface area contributed by atoms with Crippen LogP contribution in [-0.2, 0) is 9.47 Å². The summed E-state index contributed by atoms with van der Waals surface area (Å²) in [7, 11) is 0. The van der Waals surface area contributed by atoms with Crippen molar-refractivity contribution in [2.45, 2.75) is 19.4 Å². The zero-order chi connectivity index (χ0) is 6.04. The van der Waals surface area contributed by atoms with Crippen molar-refractivity contribution in [3.05, 3.63) is 0 Å². The number of ether oxygens (including phenoxy) is 2. The van der Waals surface area contributed by atoms with Crippen LogP contribution in [0.4, 0.5) is 0 Å². The third-order valence-electron chi connectivity index (χ3n) is 1.17. The van der Waals surface area contributed by atoms with Crippen LogP contribution in [0.3, 0.4) is 0 Å². The van der Waals surface area contributed by atoms with Gasteiger partial charge in [-0.3, -0.25) is 0 Å². The van der Waals surface area contributed by atoms with Crippen LogP contribution in [0.25, 0.3) is 0 Å². The molecule has 0 N–H and O–H groups in total. The highest BCUT2D eigenvalue weighted by Gasteiger charge is 2.21. The fourth-order valence-corrected chi connectivity index (χ4v) is 0.737. The molecule has 1 rings (SSSR count).